The zero-order valence-corrected chi connectivity index (χ0v) is 13.1. The number of hydrogen-bond donors (Lipinski definition) is 1. The van der Waals surface area contributed by atoms with Crippen LogP contribution in [0.2, 0.25) is 0 Å². The van der Waals surface area contributed by atoms with Crippen LogP contribution in [0.3, 0.4) is 0 Å². The molecule has 0 saturated carbocycles. The smallest absolute Gasteiger partial charge is 0.160 e. The highest BCUT2D eigenvalue weighted by Crippen LogP contribution is 2.21. The van der Waals surface area contributed by atoms with Crippen LogP contribution in [0.4, 0.5) is 0 Å². The lowest BCUT2D eigenvalue weighted by Crippen LogP contribution is -2.35. The molecule has 0 aliphatic heterocycles. The fraction of sp³-hybridized carbons (Fsp3) is 0.467. The number of aromatic nitrogens is 2. The van der Waals surface area contributed by atoms with Crippen LogP contribution in [0.25, 0.3) is 11.4 Å². The summed E-state index contributed by atoms with van der Waals surface area (Å²) >= 11 is 1.67. The van der Waals surface area contributed by atoms with Crippen LogP contribution in [0.5, 0.6) is 0 Å². The number of hydrogen-bond acceptors (Lipinski definition) is 4. The maximum Gasteiger partial charge on any atom is 0.160 e. The molecule has 0 bridgehead atoms. The van der Waals surface area contributed by atoms with Crippen molar-refractivity contribution >= 4 is 11.3 Å². The van der Waals surface area contributed by atoms with E-state index in [9.17, 15) is 0 Å². The highest BCUT2D eigenvalue weighted by Gasteiger charge is 2.13. The zero-order valence-electron chi connectivity index (χ0n) is 12.2. The third kappa shape index (κ3) is 3.61. The van der Waals surface area contributed by atoms with Crippen molar-refractivity contribution in [3.05, 3.63) is 33.8 Å². The Bertz CT molecular complexity index is 530. The van der Waals surface area contributed by atoms with Crippen LogP contribution >= 0.6 is 11.3 Å². The molecule has 4 heteroatoms. The molecule has 0 amide bonds. The average Bonchev–Trinajstić information content (AvgIpc) is 2.79. The van der Waals surface area contributed by atoms with Gasteiger partial charge in [0.2, 0.25) is 0 Å². The van der Waals surface area contributed by atoms with E-state index in [4.69, 9.17) is 0 Å². The molecular weight excluding hydrogens is 254 g/mol. The molecule has 1 N–H and O–H groups in total. The number of aryl methyl sites for hydroxylation is 2. The molecule has 0 saturated heterocycles. The second kappa shape index (κ2) is 5.39. The minimum absolute atomic E-state index is 0.102. The predicted molar refractivity (Wildman–Crippen MR) is 81.4 cm³/mol. The second-order valence-corrected chi connectivity index (χ2v) is 6.59. The van der Waals surface area contributed by atoms with E-state index >= 15 is 0 Å². The zero-order chi connectivity index (χ0) is 14.0. The Labute approximate surface area is 119 Å². The Morgan fingerprint density at radius 2 is 1.79 bits per heavy atom. The van der Waals surface area contributed by atoms with Gasteiger partial charge in [-0.25, -0.2) is 9.97 Å². The summed E-state index contributed by atoms with van der Waals surface area (Å²) in [5, 5.41) is 7.63. The van der Waals surface area contributed by atoms with Gasteiger partial charge in [-0.2, -0.15) is 11.3 Å². The van der Waals surface area contributed by atoms with E-state index < -0.39 is 0 Å². The molecule has 0 aliphatic carbocycles. The molecule has 0 unspecified atom stereocenters. The van der Waals surface area contributed by atoms with E-state index in [1.165, 1.54) is 5.56 Å². The standard InChI is InChI=1S/C15H21N3S/c1-10-13(8-16-15(3,4)5)11(2)18-14(17-10)12-6-7-19-9-12/h6-7,9,16H,8H2,1-5H3. The normalized spacial score (nSPS) is 11.8. The van der Waals surface area contributed by atoms with Crippen molar-refractivity contribution < 1.29 is 0 Å². The van der Waals surface area contributed by atoms with E-state index in [1.54, 1.807) is 11.3 Å². The van der Waals surface area contributed by atoms with E-state index in [0.29, 0.717) is 0 Å². The quantitative estimate of drug-likeness (QED) is 0.928. The van der Waals surface area contributed by atoms with Gasteiger partial charge in [-0.15, -0.1) is 0 Å². The van der Waals surface area contributed by atoms with Crippen molar-refractivity contribution in [1.29, 1.82) is 0 Å². The van der Waals surface area contributed by atoms with Crippen LogP contribution in [-0.2, 0) is 6.54 Å². The summed E-state index contributed by atoms with van der Waals surface area (Å²) in [7, 11) is 0. The van der Waals surface area contributed by atoms with Gasteiger partial charge in [-0.3, -0.25) is 0 Å². The lowest BCUT2D eigenvalue weighted by Gasteiger charge is -2.21. The van der Waals surface area contributed by atoms with Crippen LogP contribution in [-0.4, -0.2) is 15.5 Å². The molecule has 3 nitrogen and oxygen atoms in total. The second-order valence-electron chi connectivity index (χ2n) is 5.81. The summed E-state index contributed by atoms with van der Waals surface area (Å²) < 4.78 is 0. The van der Waals surface area contributed by atoms with Gasteiger partial charge in [0.15, 0.2) is 5.82 Å². The summed E-state index contributed by atoms with van der Waals surface area (Å²) in [6, 6.07) is 2.06. The fourth-order valence-electron chi connectivity index (χ4n) is 1.87. The highest BCUT2D eigenvalue weighted by molar-refractivity contribution is 7.08. The minimum Gasteiger partial charge on any atom is -0.308 e. The Kier molecular flexibility index (Phi) is 4.02. The third-order valence-electron chi connectivity index (χ3n) is 3.00. The number of thiophene rings is 1. The van der Waals surface area contributed by atoms with Gasteiger partial charge in [0.1, 0.15) is 0 Å². The summed E-state index contributed by atoms with van der Waals surface area (Å²) in [4.78, 5) is 9.27. The molecule has 0 aliphatic rings. The summed E-state index contributed by atoms with van der Waals surface area (Å²) in [6.45, 7) is 11.4. The monoisotopic (exact) mass is 275 g/mol. The fourth-order valence-corrected chi connectivity index (χ4v) is 2.50. The molecular formula is C15H21N3S. The maximum absolute atomic E-state index is 4.63. The van der Waals surface area contributed by atoms with Crippen molar-refractivity contribution in [2.24, 2.45) is 0 Å². The molecule has 2 aromatic heterocycles. The number of nitrogens with one attached hydrogen (secondary N) is 1. The van der Waals surface area contributed by atoms with Gasteiger partial charge in [-0.1, -0.05) is 0 Å². The number of rotatable bonds is 3. The van der Waals surface area contributed by atoms with Crippen molar-refractivity contribution in [2.75, 3.05) is 0 Å². The van der Waals surface area contributed by atoms with Gasteiger partial charge in [0, 0.05) is 40.0 Å². The largest absolute Gasteiger partial charge is 0.308 e. The van der Waals surface area contributed by atoms with E-state index in [-0.39, 0.29) is 5.54 Å². The molecule has 0 spiro atoms. The van der Waals surface area contributed by atoms with E-state index in [2.05, 4.69) is 66.7 Å². The number of nitrogens with zero attached hydrogens (tertiary/aromatic N) is 2. The average molecular weight is 275 g/mol. The molecule has 0 radical (unpaired) electrons. The van der Waals surface area contributed by atoms with Crippen molar-refractivity contribution in [3.8, 4) is 11.4 Å². The summed E-state index contributed by atoms with van der Waals surface area (Å²) in [5.41, 5.74) is 4.53. The lowest BCUT2D eigenvalue weighted by atomic mass is 10.1. The highest BCUT2D eigenvalue weighted by atomic mass is 32.1. The lowest BCUT2D eigenvalue weighted by molar-refractivity contribution is 0.422. The molecule has 19 heavy (non-hydrogen) atoms. The van der Waals surface area contributed by atoms with E-state index in [0.717, 1.165) is 29.3 Å². The van der Waals surface area contributed by atoms with Crippen LogP contribution < -0.4 is 5.32 Å². The third-order valence-corrected chi connectivity index (χ3v) is 3.68. The molecule has 2 rings (SSSR count). The van der Waals surface area contributed by atoms with Crippen molar-refractivity contribution in [2.45, 2.75) is 46.7 Å². The van der Waals surface area contributed by atoms with Gasteiger partial charge < -0.3 is 5.32 Å². The van der Waals surface area contributed by atoms with Crippen molar-refractivity contribution in [1.82, 2.24) is 15.3 Å². The topological polar surface area (TPSA) is 37.8 Å². The minimum atomic E-state index is 0.102. The Morgan fingerprint density at radius 3 is 2.26 bits per heavy atom. The molecule has 2 heterocycles. The molecule has 102 valence electrons. The molecule has 2 aromatic rings. The van der Waals surface area contributed by atoms with Crippen LogP contribution in [0.15, 0.2) is 16.8 Å². The Hall–Kier alpha value is -1.26. The summed E-state index contributed by atoms with van der Waals surface area (Å²) in [6.07, 6.45) is 0. The first kappa shape index (κ1) is 14.2. The Morgan fingerprint density at radius 1 is 1.16 bits per heavy atom. The first-order valence-corrected chi connectivity index (χ1v) is 7.43. The maximum atomic E-state index is 4.63. The van der Waals surface area contributed by atoms with Gasteiger partial charge in [-0.05, 0) is 46.1 Å². The van der Waals surface area contributed by atoms with Gasteiger partial charge >= 0.3 is 0 Å². The van der Waals surface area contributed by atoms with Gasteiger partial charge in [0.25, 0.3) is 0 Å². The van der Waals surface area contributed by atoms with Crippen molar-refractivity contribution in [3.63, 3.8) is 0 Å². The molecule has 0 fully saturated rings. The first-order valence-electron chi connectivity index (χ1n) is 6.48. The molecule has 0 atom stereocenters. The molecule has 0 aromatic carbocycles. The summed E-state index contributed by atoms with van der Waals surface area (Å²) in [5.74, 6) is 0.829. The SMILES string of the molecule is Cc1nc(-c2ccsc2)nc(C)c1CNC(C)(C)C. The Balaban J connectivity index is 2.28. The first-order chi connectivity index (χ1) is 8.87. The van der Waals surface area contributed by atoms with Crippen LogP contribution in [0.1, 0.15) is 37.7 Å². The van der Waals surface area contributed by atoms with Crippen LogP contribution in [0, 0.1) is 13.8 Å². The predicted octanol–water partition coefficient (Wildman–Crippen LogP) is 3.71. The van der Waals surface area contributed by atoms with Gasteiger partial charge in [0.05, 0.1) is 0 Å². The van der Waals surface area contributed by atoms with E-state index in [1.807, 2.05) is 0 Å².